The molecule has 0 saturated carbocycles. The molecule has 1 heterocycles. The Balaban J connectivity index is 2.36. The van der Waals surface area contributed by atoms with Gasteiger partial charge in [-0.3, -0.25) is 4.90 Å². The topological polar surface area (TPSA) is 53.0 Å². The van der Waals surface area contributed by atoms with Gasteiger partial charge in [0, 0.05) is 0 Å². The number of nitrogens with two attached hydrogens (primary N) is 1. The van der Waals surface area contributed by atoms with E-state index in [0.717, 1.165) is 38.9 Å². The highest BCUT2D eigenvalue weighted by atomic mass is 15.2. The van der Waals surface area contributed by atoms with Crippen molar-refractivity contribution in [3.8, 4) is 6.07 Å². The van der Waals surface area contributed by atoms with Crippen molar-refractivity contribution < 1.29 is 0 Å². The van der Waals surface area contributed by atoms with Gasteiger partial charge >= 0.3 is 0 Å². The van der Waals surface area contributed by atoms with E-state index in [1.54, 1.807) is 0 Å². The number of nitriles is 1. The van der Waals surface area contributed by atoms with Crippen molar-refractivity contribution in [1.29, 1.82) is 5.26 Å². The van der Waals surface area contributed by atoms with Crippen LogP contribution in [0.1, 0.15) is 26.2 Å². The summed E-state index contributed by atoms with van der Waals surface area (Å²) < 4.78 is 0. The largest absolute Gasteiger partial charge is 0.330 e. The smallest absolute Gasteiger partial charge is 0.0975 e. The molecular weight excluding hydrogens is 162 g/mol. The lowest BCUT2D eigenvalue weighted by molar-refractivity contribution is 0.158. The summed E-state index contributed by atoms with van der Waals surface area (Å²) in [6.45, 7) is 4.97. The molecule has 0 aliphatic carbocycles. The number of piperidine rings is 1. The van der Waals surface area contributed by atoms with E-state index in [2.05, 4.69) is 17.9 Å². The van der Waals surface area contributed by atoms with Gasteiger partial charge in [-0.2, -0.15) is 5.26 Å². The standard InChI is InChI=1S/C10H19N3/c1-2-10(8-12)13-5-3-9(7-11)4-6-13/h9-10H,2-7,11H2,1H3. The zero-order chi connectivity index (χ0) is 9.68. The summed E-state index contributed by atoms with van der Waals surface area (Å²) >= 11 is 0. The summed E-state index contributed by atoms with van der Waals surface area (Å²) in [6.07, 6.45) is 3.26. The maximum absolute atomic E-state index is 8.89. The minimum atomic E-state index is 0.124. The van der Waals surface area contributed by atoms with Gasteiger partial charge in [-0.25, -0.2) is 0 Å². The van der Waals surface area contributed by atoms with Gasteiger partial charge in [0.1, 0.15) is 0 Å². The van der Waals surface area contributed by atoms with Crippen LogP contribution < -0.4 is 5.73 Å². The molecule has 0 radical (unpaired) electrons. The molecule has 0 spiro atoms. The molecule has 3 heteroatoms. The van der Waals surface area contributed by atoms with E-state index in [0.29, 0.717) is 5.92 Å². The van der Waals surface area contributed by atoms with Crippen molar-refractivity contribution in [2.45, 2.75) is 32.2 Å². The van der Waals surface area contributed by atoms with Crippen molar-refractivity contribution in [1.82, 2.24) is 4.90 Å². The fourth-order valence-electron chi connectivity index (χ4n) is 1.93. The third kappa shape index (κ3) is 2.68. The van der Waals surface area contributed by atoms with Crippen LogP contribution in [0.2, 0.25) is 0 Å². The van der Waals surface area contributed by atoms with E-state index in [1.165, 1.54) is 0 Å². The number of hydrogen-bond donors (Lipinski definition) is 1. The Morgan fingerprint density at radius 3 is 2.54 bits per heavy atom. The Hall–Kier alpha value is -0.590. The summed E-state index contributed by atoms with van der Waals surface area (Å²) in [7, 11) is 0. The summed E-state index contributed by atoms with van der Waals surface area (Å²) in [6, 6.07) is 2.47. The van der Waals surface area contributed by atoms with E-state index in [-0.39, 0.29) is 6.04 Å². The van der Waals surface area contributed by atoms with Gasteiger partial charge in [0.2, 0.25) is 0 Å². The van der Waals surface area contributed by atoms with Crippen LogP contribution in [0.5, 0.6) is 0 Å². The number of nitrogens with zero attached hydrogens (tertiary/aromatic N) is 2. The Kier molecular flexibility index (Phi) is 4.20. The zero-order valence-electron chi connectivity index (χ0n) is 8.37. The van der Waals surface area contributed by atoms with Crippen LogP contribution in [0.25, 0.3) is 0 Å². The monoisotopic (exact) mass is 181 g/mol. The van der Waals surface area contributed by atoms with Gasteiger partial charge in [-0.15, -0.1) is 0 Å². The first-order valence-corrected chi connectivity index (χ1v) is 5.15. The van der Waals surface area contributed by atoms with Crippen LogP contribution in [0.4, 0.5) is 0 Å². The molecule has 1 atom stereocenters. The summed E-state index contributed by atoms with van der Waals surface area (Å²) in [5, 5.41) is 8.89. The predicted molar refractivity (Wildman–Crippen MR) is 53.0 cm³/mol. The first kappa shape index (κ1) is 10.5. The molecule has 1 aliphatic rings. The van der Waals surface area contributed by atoms with Crippen LogP contribution in [0.3, 0.4) is 0 Å². The van der Waals surface area contributed by atoms with E-state index in [1.807, 2.05) is 0 Å². The Bertz CT molecular complexity index is 177. The fraction of sp³-hybridized carbons (Fsp3) is 0.900. The summed E-state index contributed by atoms with van der Waals surface area (Å²) in [4.78, 5) is 2.28. The highest BCUT2D eigenvalue weighted by Gasteiger charge is 2.22. The van der Waals surface area contributed by atoms with E-state index >= 15 is 0 Å². The highest BCUT2D eigenvalue weighted by Crippen LogP contribution is 2.18. The number of rotatable bonds is 3. The number of likely N-dealkylation sites (tertiary alicyclic amines) is 1. The van der Waals surface area contributed by atoms with Crippen molar-refractivity contribution in [3.63, 3.8) is 0 Å². The molecular formula is C10H19N3. The second-order valence-electron chi connectivity index (χ2n) is 3.77. The molecule has 0 amide bonds. The molecule has 1 fully saturated rings. The lowest BCUT2D eigenvalue weighted by Gasteiger charge is -2.33. The molecule has 1 saturated heterocycles. The van der Waals surface area contributed by atoms with Crippen molar-refractivity contribution in [3.05, 3.63) is 0 Å². The zero-order valence-corrected chi connectivity index (χ0v) is 8.37. The molecule has 1 rings (SSSR count). The minimum absolute atomic E-state index is 0.124. The first-order valence-electron chi connectivity index (χ1n) is 5.15. The molecule has 0 aromatic carbocycles. The summed E-state index contributed by atoms with van der Waals surface area (Å²) in [5.74, 6) is 0.687. The van der Waals surface area contributed by atoms with Crippen LogP contribution in [-0.2, 0) is 0 Å². The maximum atomic E-state index is 8.89. The second-order valence-corrected chi connectivity index (χ2v) is 3.77. The molecule has 0 aromatic heterocycles. The lowest BCUT2D eigenvalue weighted by Crippen LogP contribution is -2.41. The number of hydrogen-bond acceptors (Lipinski definition) is 3. The molecule has 2 N–H and O–H groups in total. The average molecular weight is 181 g/mol. The van der Waals surface area contributed by atoms with Crippen LogP contribution in [0, 0.1) is 17.2 Å². The lowest BCUT2D eigenvalue weighted by atomic mass is 9.96. The van der Waals surface area contributed by atoms with Gasteiger partial charge < -0.3 is 5.73 Å². The van der Waals surface area contributed by atoms with E-state index in [9.17, 15) is 0 Å². The molecule has 13 heavy (non-hydrogen) atoms. The molecule has 1 aliphatic heterocycles. The predicted octanol–water partition coefficient (Wildman–Crippen LogP) is 0.959. The second kappa shape index (κ2) is 5.21. The molecule has 0 bridgehead atoms. The fourth-order valence-corrected chi connectivity index (χ4v) is 1.93. The molecule has 3 nitrogen and oxygen atoms in total. The normalized spacial score (nSPS) is 22.5. The highest BCUT2D eigenvalue weighted by molar-refractivity contribution is 4.92. The third-order valence-electron chi connectivity index (χ3n) is 2.96. The quantitative estimate of drug-likeness (QED) is 0.705. The van der Waals surface area contributed by atoms with E-state index < -0.39 is 0 Å². The molecule has 1 unspecified atom stereocenters. The van der Waals surface area contributed by atoms with Gasteiger partial charge in [0.15, 0.2) is 0 Å². The van der Waals surface area contributed by atoms with Gasteiger partial charge in [0.25, 0.3) is 0 Å². The van der Waals surface area contributed by atoms with Crippen LogP contribution in [-0.4, -0.2) is 30.6 Å². The minimum Gasteiger partial charge on any atom is -0.330 e. The SMILES string of the molecule is CCC(C#N)N1CCC(CN)CC1. The average Bonchev–Trinajstić information content (AvgIpc) is 2.21. The summed E-state index contributed by atoms with van der Waals surface area (Å²) in [5.41, 5.74) is 5.61. The first-order chi connectivity index (χ1) is 6.31. The third-order valence-corrected chi connectivity index (χ3v) is 2.96. The Labute approximate surface area is 80.5 Å². The van der Waals surface area contributed by atoms with Gasteiger partial charge in [-0.05, 0) is 44.8 Å². The van der Waals surface area contributed by atoms with Crippen molar-refractivity contribution in [2.24, 2.45) is 11.7 Å². The van der Waals surface area contributed by atoms with Crippen LogP contribution in [0.15, 0.2) is 0 Å². The maximum Gasteiger partial charge on any atom is 0.0975 e. The van der Waals surface area contributed by atoms with Crippen molar-refractivity contribution in [2.75, 3.05) is 19.6 Å². The van der Waals surface area contributed by atoms with Crippen molar-refractivity contribution >= 4 is 0 Å². The Morgan fingerprint density at radius 1 is 1.54 bits per heavy atom. The van der Waals surface area contributed by atoms with E-state index in [4.69, 9.17) is 11.0 Å². The van der Waals surface area contributed by atoms with Gasteiger partial charge in [-0.1, -0.05) is 6.92 Å². The molecule has 74 valence electrons. The molecule has 0 aromatic rings. The Morgan fingerprint density at radius 2 is 2.15 bits per heavy atom. The van der Waals surface area contributed by atoms with Gasteiger partial charge in [0.05, 0.1) is 12.1 Å². The van der Waals surface area contributed by atoms with Crippen LogP contribution >= 0.6 is 0 Å².